The molecule has 4 amide bonds. The molecule has 2 rings (SSSR count). The van der Waals surface area contributed by atoms with Crippen LogP contribution in [-0.4, -0.2) is 65.4 Å². The number of urea groups is 1. The molecule has 0 bridgehead atoms. The fraction of sp³-hybridized carbons (Fsp3) is 0.826. The van der Waals surface area contributed by atoms with Crippen molar-refractivity contribution in [3.8, 4) is 0 Å². The van der Waals surface area contributed by atoms with Gasteiger partial charge in [0.05, 0.1) is 0 Å². The molecule has 1 N–H and O–H groups in total. The van der Waals surface area contributed by atoms with Crippen LogP contribution >= 0.6 is 0 Å². The van der Waals surface area contributed by atoms with Crippen LogP contribution in [-0.2, 0) is 19.1 Å². The van der Waals surface area contributed by atoms with Crippen LogP contribution in [0.15, 0.2) is 0 Å². The average Bonchev–Trinajstić information content (AvgIpc) is 2.79. The zero-order valence-electron chi connectivity index (χ0n) is 20.1. The highest BCUT2D eigenvalue weighted by atomic mass is 16.5. The Morgan fingerprint density at radius 3 is 2.23 bits per heavy atom. The zero-order valence-corrected chi connectivity index (χ0v) is 20.1. The maximum Gasteiger partial charge on any atom is 0.326 e. The van der Waals surface area contributed by atoms with Crippen molar-refractivity contribution in [2.45, 2.75) is 73.3 Å². The minimum Gasteiger partial charge on any atom is -0.454 e. The summed E-state index contributed by atoms with van der Waals surface area (Å²) in [5.41, 5.74) is -1.04. The minimum atomic E-state index is -0.959. The number of carbonyl (C=O) groups excluding carboxylic acids is 4. The van der Waals surface area contributed by atoms with Gasteiger partial charge < -0.3 is 15.0 Å². The summed E-state index contributed by atoms with van der Waals surface area (Å²) in [6, 6.07) is -0.570. The third-order valence-corrected chi connectivity index (χ3v) is 5.79. The molecule has 1 saturated carbocycles. The van der Waals surface area contributed by atoms with E-state index >= 15 is 0 Å². The predicted octanol–water partition coefficient (Wildman–Crippen LogP) is 2.81. The maximum atomic E-state index is 13.1. The average molecular weight is 438 g/mol. The van der Waals surface area contributed by atoms with Gasteiger partial charge in [-0.2, -0.15) is 0 Å². The Hall–Kier alpha value is -2.12. The summed E-state index contributed by atoms with van der Waals surface area (Å²) < 4.78 is 5.14. The lowest BCUT2D eigenvalue weighted by Gasteiger charge is -2.43. The molecule has 2 fully saturated rings. The largest absolute Gasteiger partial charge is 0.454 e. The molecule has 1 saturated heterocycles. The third kappa shape index (κ3) is 6.43. The van der Waals surface area contributed by atoms with Crippen LogP contribution in [0.2, 0.25) is 0 Å². The van der Waals surface area contributed by atoms with Crippen LogP contribution in [0.3, 0.4) is 0 Å². The van der Waals surface area contributed by atoms with E-state index in [0.29, 0.717) is 37.8 Å². The molecule has 1 aliphatic heterocycles. The number of hydrogen-bond acceptors (Lipinski definition) is 5. The number of hydrogen-bond donors (Lipinski definition) is 1. The molecule has 1 spiro atoms. The van der Waals surface area contributed by atoms with E-state index in [9.17, 15) is 19.2 Å². The summed E-state index contributed by atoms with van der Waals surface area (Å²) in [5.74, 6) is -0.532. The Morgan fingerprint density at radius 2 is 1.71 bits per heavy atom. The van der Waals surface area contributed by atoms with Gasteiger partial charge in [0, 0.05) is 13.1 Å². The number of nitrogens with one attached hydrogen (secondary N) is 1. The summed E-state index contributed by atoms with van der Waals surface area (Å²) in [7, 11) is 0. The number of amides is 4. The number of rotatable bonds is 8. The molecule has 1 aliphatic carbocycles. The van der Waals surface area contributed by atoms with E-state index in [1.54, 1.807) is 4.90 Å². The van der Waals surface area contributed by atoms with E-state index < -0.39 is 30.7 Å². The Bertz CT molecular complexity index is 708. The van der Waals surface area contributed by atoms with Gasteiger partial charge in [-0.05, 0) is 42.4 Å². The first kappa shape index (κ1) is 25.1. The van der Waals surface area contributed by atoms with Crippen LogP contribution in [0.25, 0.3) is 0 Å². The highest BCUT2D eigenvalue weighted by molar-refractivity contribution is 6.08. The van der Waals surface area contributed by atoms with Gasteiger partial charge in [-0.25, -0.2) is 4.79 Å². The molecule has 1 heterocycles. The SMILES string of the molecule is CC(C)CN(CC(C)C)C(=O)COC(=O)CN1C(=O)N[C@]2(C[C@@H](C)CC(C)(C)C2)C1=O. The molecule has 8 heteroatoms. The Kier molecular flexibility index (Phi) is 7.76. The van der Waals surface area contributed by atoms with Gasteiger partial charge in [-0.1, -0.05) is 48.5 Å². The van der Waals surface area contributed by atoms with Crippen molar-refractivity contribution < 1.29 is 23.9 Å². The van der Waals surface area contributed by atoms with Crippen molar-refractivity contribution in [3.63, 3.8) is 0 Å². The molecule has 0 aromatic heterocycles. The molecule has 0 aromatic carbocycles. The van der Waals surface area contributed by atoms with Crippen LogP contribution < -0.4 is 5.32 Å². The van der Waals surface area contributed by atoms with Crippen LogP contribution in [0.1, 0.15) is 67.7 Å². The fourth-order valence-electron chi connectivity index (χ4n) is 5.22. The summed E-state index contributed by atoms with van der Waals surface area (Å²) in [5, 5.41) is 2.84. The second-order valence-corrected chi connectivity index (χ2v) is 11.0. The van der Waals surface area contributed by atoms with E-state index in [1.807, 2.05) is 27.7 Å². The first-order valence-corrected chi connectivity index (χ1v) is 11.3. The molecular formula is C23H39N3O5. The molecule has 2 atom stereocenters. The Morgan fingerprint density at radius 1 is 1.13 bits per heavy atom. The molecule has 0 unspecified atom stereocenters. The lowest BCUT2D eigenvalue weighted by molar-refractivity contribution is -0.154. The molecular weight excluding hydrogens is 398 g/mol. The number of imide groups is 1. The highest BCUT2D eigenvalue weighted by Crippen LogP contribution is 2.46. The van der Waals surface area contributed by atoms with Gasteiger partial charge in [0.15, 0.2) is 6.61 Å². The molecule has 2 aliphatic rings. The van der Waals surface area contributed by atoms with E-state index in [4.69, 9.17) is 4.74 Å². The smallest absolute Gasteiger partial charge is 0.326 e. The first-order chi connectivity index (χ1) is 14.2. The van der Waals surface area contributed by atoms with Crippen molar-refractivity contribution in [1.82, 2.24) is 15.1 Å². The van der Waals surface area contributed by atoms with Gasteiger partial charge in [0.25, 0.3) is 11.8 Å². The summed E-state index contributed by atoms with van der Waals surface area (Å²) in [4.78, 5) is 53.1. The Balaban J connectivity index is 1.97. The number of ether oxygens (including phenoxy) is 1. The zero-order chi connectivity index (χ0) is 23.6. The molecule has 8 nitrogen and oxygen atoms in total. The monoisotopic (exact) mass is 437 g/mol. The first-order valence-electron chi connectivity index (χ1n) is 11.3. The quantitative estimate of drug-likeness (QED) is 0.465. The van der Waals surface area contributed by atoms with Gasteiger partial charge in [0.1, 0.15) is 12.1 Å². The lowest BCUT2D eigenvalue weighted by Crippen LogP contribution is -2.54. The topological polar surface area (TPSA) is 96.0 Å². The second-order valence-electron chi connectivity index (χ2n) is 11.0. The van der Waals surface area contributed by atoms with Crippen LogP contribution in [0.4, 0.5) is 4.79 Å². The number of nitrogens with zero attached hydrogens (tertiary/aromatic N) is 2. The van der Waals surface area contributed by atoms with E-state index in [0.717, 1.165) is 11.3 Å². The van der Waals surface area contributed by atoms with Crippen molar-refractivity contribution in [2.24, 2.45) is 23.2 Å². The van der Waals surface area contributed by atoms with E-state index in [-0.39, 0.29) is 23.1 Å². The van der Waals surface area contributed by atoms with Crippen LogP contribution in [0, 0.1) is 23.2 Å². The Labute approximate surface area is 186 Å². The summed E-state index contributed by atoms with van der Waals surface area (Å²) in [6.45, 7) is 14.6. The fourth-order valence-corrected chi connectivity index (χ4v) is 5.22. The second kappa shape index (κ2) is 9.57. The number of carbonyl (C=O) groups is 4. The standard InChI is InChI=1S/C23H39N3O5/c1-15(2)10-25(11-16(3)4)18(27)13-31-19(28)12-26-20(29)23(24-21(26)30)9-17(5)8-22(6,7)14-23/h15-17H,8-14H2,1-7H3,(H,24,30)/t17-,23-/m0/s1. The van der Waals surface area contributed by atoms with Gasteiger partial charge >= 0.3 is 12.0 Å². The van der Waals surface area contributed by atoms with Crippen molar-refractivity contribution >= 4 is 23.8 Å². The highest BCUT2D eigenvalue weighted by Gasteiger charge is 2.56. The molecule has 0 aromatic rings. The number of esters is 1. The van der Waals surface area contributed by atoms with Gasteiger partial charge in [-0.3, -0.25) is 19.3 Å². The molecule has 0 radical (unpaired) electrons. The van der Waals surface area contributed by atoms with Crippen molar-refractivity contribution in [3.05, 3.63) is 0 Å². The van der Waals surface area contributed by atoms with Gasteiger partial charge in [-0.15, -0.1) is 0 Å². The lowest BCUT2D eigenvalue weighted by atomic mass is 9.64. The molecule has 176 valence electrons. The summed E-state index contributed by atoms with van der Waals surface area (Å²) in [6.07, 6.45) is 2.08. The molecule has 31 heavy (non-hydrogen) atoms. The van der Waals surface area contributed by atoms with Crippen molar-refractivity contribution in [2.75, 3.05) is 26.2 Å². The van der Waals surface area contributed by atoms with Crippen molar-refractivity contribution in [1.29, 1.82) is 0 Å². The van der Waals surface area contributed by atoms with E-state index in [2.05, 4.69) is 26.1 Å². The normalized spacial score (nSPS) is 25.3. The van der Waals surface area contributed by atoms with Gasteiger partial charge in [0.2, 0.25) is 0 Å². The summed E-state index contributed by atoms with van der Waals surface area (Å²) >= 11 is 0. The predicted molar refractivity (Wildman–Crippen MR) is 117 cm³/mol. The minimum absolute atomic E-state index is 0.0835. The third-order valence-electron chi connectivity index (χ3n) is 5.79. The van der Waals surface area contributed by atoms with E-state index in [1.165, 1.54) is 0 Å². The van der Waals surface area contributed by atoms with Crippen LogP contribution in [0.5, 0.6) is 0 Å². The maximum absolute atomic E-state index is 13.1.